The lowest BCUT2D eigenvalue weighted by Gasteiger charge is -2.11. The van der Waals surface area contributed by atoms with Crippen molar-refractivity contribution in [1.82, 2.24) is 9.97 Å². The molecule has 0 bridgehead atoms. The van der Waals surface area contributed by atoms with E-state index in [1.165, 1.54) is 24.5 Å². The number of rotatable bonds is 4. The number of alkyl halides is 3. The Bertz CT molecular complexity index is 998. The van der Waals surface area contributed by atoms with E-state index < -0.39 is 11.9 Å². The van der Waals surface area contributed by atoms with Crippen LogP contribution in [0.4, 0.5) is 13.2 Å². The standard InChI is InChI=1S/C17H15F3N4OS/c1-8(22)14-12(7-21)26-16(24-14)10-3-5-11(25-2)15-9(10)4-6-13(23-15)17(18,19)20/h3-6H,1,7,21-22H2,2H3. The van der Waals surface area contributed by atoms with Gasteiger partial charge in [-0.25, -0.2) is 9.97 Å². The molecule has 9 heteroatoms. The Morgan fingerprint density at radius 2 is 1.96 bits per heavy atom. The van der Waals surface area contributed by atoms with Crippen LogP contribution in [0.5, 0.6) is 5.75 Å². The molecule has 0 radical (unpaired) electrons. The van der Waals surface area contributed by atoms with E-state index in [0.29, 0.717) is 21.7 Å². The number of fused-ring (bicyclic) bond motifs is 1. The van der Waals surface area contributed by atoms with E-state index in [1.54, 1.807) is 12.1 Å². The predicted octanol–water partition coefficient (Wildman–Crippen LogP) is 3.77. The van der Waals surface area contributed by atoms with Gasteiger partial charge >= 0.3 is 6.18 Å². The average Bonchev–Trinajstić information content (AvgIpc) is 3.04. The highest BCUT2D eigenvalue weighted by Gasteiger charge is 2.33. The lowest BCUT2D eigenvalue weighted by Crippen LogP contribution is -2.08. The minimum atomic E-state index is -4.55. The zero-order chi connectivity index (χ0) is 19.1. The summed E-state index contributed by atoms with van der Waals surface area (Å²) in [4.78, 5) is 8.95. The third-order valence-electron chi connectivity index (χ3n) is 3.75. The van der Waals surface area contributed by atoms with E-state index in [2.05, 4.69) is 16.5 Å². The van der Waals surface area contributed by atoms with Crippen LogP contribution in [0.25, 0.3) is 27.2 Å². The first-order valence-corrected chi connectivity index (χ1v) is 8.27. The van der Waals surface area contributed by atoms with Gasteiger partial charge in [0.25, 0.3) is 0 Å². The molecule has 3 rings (SSSR count). The van der Waals surface area contributed by atoms with Gasteiger partial charge in [0.1, 0.15) is 27.7 Å². The van der Waals surface area contributed by atoms with Gasteiger partial charge < -0.3 is 16.2 Å². The topological polar surface area (TPSA) is 87.0 Å². The van der Waals surface area contributed by atoms with E-state index in [0.717, 1.165) is 10.9 Å². The molecule has 2 aromatic heterocycles. The summed E-state index contributed by atoms with van der Waals surface area (Å²) in [6.07, 6.45) is -4.55. The SMILES string of the molecule is C=C(N)c1nc(-c2ccc(OC)c3nc(C(F)(F)F)ccc23)sc1CN. The minimum absolute atomic E-state index is 0.109. The lowest BCUT2D eigenvalue weighted by atomic mass is 10.1. The number of aromatic nitrogens is 2. The molecular formula is C17H15F3N4OS. The van der Waals surface area contributed by atoms with E-state index in [-0.39, 0.29) is 23.5 Å². The second-order valence-corrected chi connectivity index (χ2v) is 6.51. The highest BCUT2D eigenvalue weighted by Crippen LogP contribution is 2.38. The summed E-state index contributed by atoms with van der Waals surface area (Å²) in [7, 11) is 1.38. The fourth-order valence-electron chi connectivity index (χ4n) is 2.56. The van der Waals surface area contributed by atoms with Gasteiger partial charge in [-0.1, -0.05) is 6.58 Å². The van der Waals surface area contributed by atoms with Crippen molar-refractivity contribution in [3.8, 4) is 16.3 Å². The number of nitrogens with zero attached hydrogens (tertiary/aromatic N) is 2. The molecule has 0 fully saturated rings. The Labute approximate surface area is 151 Å². The molecule has 0 aliphatic heterocycles. The van der Waals surface area contributed by atoms with E-state index in [4.69, 9.17) is 16.2 Å². The number of hydrogen-bond donors (Lipinski definition) is 2. The highest BCUT2D eigenvalue weighted by molar-refractivity contribution is 7.15. The first-order chi connectivity index (χ1) is 12.3. The Balaban J connectivity index is 2.26. The molecule has 0 spiro atoms. The molecule has 136 valence electrons. The summed E-state index contributed by atoms with van der Waals surface area (Å²) >= 11 is 1.31. The first kappa shape index (κ1) is 18.2. The molecule has 26 heavy (non-hydrogen) atoms. The molecule has 0 amide bonds. The molecule has 0 aliphatic rings. The number of hydrogen-bond acceptors (Lipinski definition) is 6. The Morgan fingerprint density at radius 1 is 1.23 bits per heavy atom. The second-order valence-electron chi connectivity index (χ2n) is 5.43. The molecule has 0 aliphatic carbocycles. The van der Waals surface area contributed by atoms with Crippen LogP contribution in [0.2, 0.25) is 0 Å². The summed E-state index contributed by atoms with van der Waals surface area (Å²) in [6, 6.07) is 5.58. The monoisotopic (exact) mass is 380 g/mol. The lowest BCUT2D eigenvalue weighted by molar-refractivity contribution is -0.140. The van der Waals surface area contributed by atoms with E-state index >= 15 is 0 Å². The third-order valence-corrected chi connectivity index (χ3v) is 4.86. The van der Waals surface area contributed by atoms with Gasteiger partial charge in [-0.05, 0) is 24.3 Å². The van der Waals surface area contributed by atoms with Gasteiger partial charge in [-0.15, -0.1) is 11.3 Å². The summed E-state index contributed by atoms with van der Waals surface area (Å²) in [5, 5.41) is 1.06. The molecule has 1 aromatic carbocycles. The average molecular weight is 380 g/mol. The summed E-state index contributed by atoms with van der Waals surface area (Å²) in [5.74, 6) is 0.244. The minimum Gasteiger partial charge on any atom is -0.494 e. The largest absolute Gasteiger partial charge is 0.494 e. The van der Waals surface area contributed by atoms with Crippen LogP contribution in [0.1, 0.15) is 16.3 Å². The van der Waals surface area contributed by atoms with Crippen molar-refractivity contribution in [3.63, 3.8) is 0 Å². The van der Waals surface area contributed by atoms with Gasteiger partial charge in [0.15, 0.2) is 0 Å². The van der Waals surface area contributed by atoms with Gasteiger partial charge in [-0.3, -0.25) is 0 Å². The maximum Gasteiger partial charge on any atom is 0.433 e. The number of ether oxygens (including phenoxy) is 1. The van der Waals surface area contributed by atoms with Crippen LogP contribution in [0.3, 0.4) is 0 Å². The van der Waals surface area contributed by atoms with Crippen molar-refractivity contribution < 1.29 is 17.9 Å². The molecule has 0 saturated heterocycles. The molecule has 0 saturated carbocycles. The number of pyridine rings is 1. The first-order valence-electron chi connectivity index (χ1n) is 7.46. The van der Waals surface area contributed by atoms with Crippen LogP contribution in [-0.2, 0) is 12.7 Å². The van der Waals surface area contributed by atoms with Gasteiger partial charge in [0.05, 0.1) is 12.8 Å². The Hall–Kier alpha value is -2.65. The van der Waals surface area contributed by atoms with Crippen LogP contribution >= 0.6 is 11.3 Å². The Kier molecular flexibility index (Phi) is 4.59. The van der Waals surface area contributed by atoms with Crippen LogP contribution in [0, 0.1) is 0 Å². The number of thiazole rings is 1. The maximum atomic E-state index is 13.0. The van der Waals surface area contributed by atoms with E-state index in [1.807, 2.05) is 0 Å². The number of benzene rings is 1. The molecule has 0 atom stereocenters. The smallest absolute Gasteiger partial charge is 0.433 e. The van der Waals surface area contributed by atoms with Crippen molar-refractivity contribution in [2.24, 2.45) is 11.5 Å². The quantitative estimate of drug-likeness (QED) is 0.719. The van der Waals surface area contributed by atoms with Crippen LogP contribution < -0.4 is 16.2 Å². The zero-order valence-electron chi connectivity index (χ0n) is 13.7. The second kappa shape index (κ2) is 6.58. The van der Waals surface area contributed by atoms with Gasteiger partial charge in [0, 0.05) is 22.4 Å². The summed E-state index contributed by atoms with van der Waals surface area (Å²) < 4.78 is 44.2. The molecule has 3 aromatic rings. The van der Waals surface area contributed by atoms with Crippen molar-refractivity contribution in [3.05, 3.63) is 47.1 Å². The Morgan fingerprint density at radius 3 is 2.50 bits per heavy atom. The van der Waals surface area contributed by atoms with Crippen molar-refractivity contribution >= 4 is 27.9 Å². The summed E-state index contributed by atoms with van der Waals surface area (Å²) in [6.45, 7) is 3.91. The predicted molar refractivity (Wildman–Crippen MR) is 95.5 cm³/mol. The zero-order valence-corrected chi connectivity index (χ0v) is 14.5. The van der Waals surface area contributed by atoms with Crippen molar-refractivity contribution in [2.45, 2.75) is 12.7 Å². The molecule has 2 heterocycles. The van der Waals surface area contributed by atoms with Crippen molar-refractivity contribution in [2.75, 3.05) is 7.11 Å². The summed E-state index contributed by atoms with van der Waals surface area (Å²) in [5.41, 5.74) is 12.0. The fraction of sp³-hybridized carbons (Fsp3) is 0.176. The molecule has 0 unspecified atom stereocenters. The third kappa shape index (κ3) is 3.11. The number of halogens is 3. The maximum absolute atomic E-state index is 13.0. The fourth-order valence-corrected chi connectivity index (χ4v) is 3.57. The van der Waals surface area contributed by atoms with E-state index in [9.17, 15) is 13.2 Å². The van der Waals surface area contributed by atoms with Crippen LogP contribution in [0.15, 0.2) is 30.8 Å². The highest BCUT2D eigenvalue weighted by atomic mass is 32.1. The number of methoxy groups -OCH3 is 1. The van der Waals surface area contributed by atoms with Crippen molar-refractivity contribution in [1.29, 1.82) is 0 Å². The molecule has 4 N–H and O–H groups in total. The number of nitrogens with two attached hydrogens (primary N) is 2. The normalized spacial score (nSPS) is 11.7. The van der Waals surface area contributed by atoms with Gasteiger partial charge in [-0.2, -0.15) is 13.2 Å². The molecular weight excluding hydrogens is 365 g/mol. The van der Waals surface area contributed by atoms with Gasteiger partial charge in [0.2, 0.25) is 0 Å². The molecule has 5 nitrogen and oxygen atoms in total. The van der Waals surface area contributed by atoms with Crippen LogP contribution in [-0.4, -0.2) is 17.1 Å².